The summed E-state index contributed by atoms with van der Waals surface area (Å²) in [7, 11) is -3.85. The van der Waals surface area contributed by atoms with E-state index < -0.39 is 24.8 Å². The van der Waals surface area contributed by atoms with Crippen molar-refractivity contribution in [2.75, 3.05) is 6.66 Å². The van der Waals surface area contributed by atoms with Gasteiger partial charge in [0.15, 0.2) is 0 Å². The molecule has 0 aliphatic carbocycles. The minimum absolute atomic E-state index is 0.181. The second-order valence-electron chi connectivity index (χ2n) is 6.19. The van der Waals surface area contributed by atoms with E-state index in [-0.39, 0.29) is 5.56 Å². The Morgan fingerprint density at radius 2 is 1.93 bits per heavy atom. The van der Waals surface area contributed by atoms with Crippen LogP contribution in [0.15, 0.2) is 48.0 Å². The van der Waals surface area contributed by atoms with Crippen LogP contribution in [0, 0.1) is 5.82 Å². The first-order chi connectivity index (χ1) is 13.2. The molecular formula is C19H15Cl2FNO3PS. The second-order valence-corrected chi connectivity index (χ2v) is 10.4. The monoisotopic (exact) mass is 457 g/mol. The van der Waals surface area contributed by atoms with E-state index in [1.165, 1.54) is 41.8 Å². The summed E-state index contributed by atoms with van der Waals surface area (Å²) in [5, 5.41) is 5.60. The summed E-state index contributed by atoms with van der Waals surface area (Å²) in [4.78, 5) is 22.9. The third-order valence-corrected chi connectivity index (χ3v) is 6.96. The van der Waals surface area contributed by atoms with Gasteiger partial charge in [-0.1, -0.05) is 23.2 Å². The summed E-state index contributed by atoms with van der Waals surface area (Å²) in [5.41, 5.74) is -0.676. The number of thiophene rings is 1. The summed E-state index contributed by atoms with van der Waals surface area (Å²) >= 11 is 13.2. The lowest BCUT2D eigenvalue weighted by atomic mass is 10.1. The molecule has 2 atom stereocenters. The van der Waals surface area contributed by atoms with Gasteiger partial charge in [0, 0.05) is 33.2 Å². The van der Waals surface area contributed by atoms with Gasteiger partial charge in [-0.05, 0) is 58.8 Å². The molecule has 3 rings (SSSR count). The Morgan fingerprint density at radius 3 is 2.64 bits per heavy atom. The second kappa shape index (κ2) is 8.36. The van der Waals surface area contributed by atoms with E-state index in [1.807, 2.05) is 0 Å². The molecule has 1 aromatic heterocycles. The van der Waals surface area contributed by atoms with Crippen LogP contribution in [0.1, 0.15) is 16.8 Å². The number of benzene rings is 2. The average Bonchev–Trinajstić information content (AvgIpc) is 2.99. The van der Waals surface area contributed by atoms with Gasteiger partial charge in [-0.2, -0.15) is 0 Å². The van der Waals surface area contributed by atoms with E-state index >= 15 is 0 Å². The van der Waals surface area contributed by atoms with Crippen molar-refractivity contribution >= 4 is 64.0 Å². The van der Waals surface area contributed by atoms with E-state index in [0.717, 1.165) is 11.4 Å². The Labute approximate surface area is 175 Å². The minimum atomic E-state index is -3.85. The molecule has 9 heteroatoms. The Morgan fingerprint density at radius 1 is 1.25 bits per heavy atom. The van der Waals surface area contributed by atoms with Gasteiger partial charge >= 0.3 is 0 Å². The number of carbonyl (C=O) groups excluding carboxylic acids is 1. The molecule has 3 aromatic rings. The molecule has 0 spiro atoms. The van der Waals surface area contributed by atoms with Gasteiger partial charge in [-0.15, -0.1) is 11.3 Å². The molecule has 0 aliphatic heterocycles. The van der Waals surface area contributed by atoms with E-state index in [1.54, 1.807) is 23.6 Å². The average molecular weight is 458 g/mol. The van der Waals surface area contributed by atoms with Crippen LogP contribution in [-0.4, -0.2) is 17.5 Å². The van der Waals surface area contributed by atoms with E-state index in [9.17, 15) is 18.6 Å². The van der Waals surface area contributed by atoms with Crippen LogP contribution in [0.3, 0.4) is 0 Å². The molecule has 2 N–H and O–H groups in total. The van der Waals surface area contributed by atoms with Gasteiger partial charge in [0.1, 0.15) is 11.5 Å². The highest BCUT2D eigenvalue weighted by Crippen LogP contribution is 2.54. The molecule has 2 unspecified atom stereocenters. The third-order valence-electron chi connectivity index (χ3n) is 4.03. The lowest BCUT2D eigenvalue weighted by Crippen LogP contribution is -2.25. The zero-order valence-electron chi connectivity index (χ0n) is 14.5. The maximum atomic E-state index is 13.8. The van der Waals surface area contributed by atoms with Crippen LogP contribution in [0.25, 0.3) is 16.2 Å². The number of rotatable bonds is 5. The summed E-state index contributed by atoms with van der Waals surface area (Å²) in [5.74, 6) is -1.18. The van der Waals surface area contributed by atoms with Crippen molar-refractivity contribution in [3.63, 3.8) is 0 Å². The number of halogens is 3. The van der Waals surface area contributed by atoms with Crippen LogP contribution in [0.4, 0.5) is 4.39 Å². The van der Waals surface area contributed by atoms with Crippen molar-refractivity contribution in [1.29, 1.82) is 0 Å². The first kappa shape index (κ1) is 21.0. The van der Waals surface area contributed by atoms with Crippen LogP contribution >= 0.6 is 41.9 Å². The summed E-state index contributed by atoms with van der Waals surface area (Å²) < 4.78 is 27.1. The van der Waals surface area contributed by atoms with Crippen molar-refractivity contribution < 1.29 is 18.6 Å². The Bertz CT molecular complexity index is 1130. The van der Waals surface area contributed by atoms with Crippen molar-refractivity contribution in [3.05, 3.63) is 75.0 Å². The zero-order chi connectivity index (χ0) is 20.5. The quantitative estimate of drug-likeness (QED) is 0.456. The van der Waals surface area contributed by atoms with Crippen LogP contribution in [-0.2, 0) is 9.36 Å². The fraction of sp³-hybridized carbons (Fsp3) is 0.105. The molecule has 0 aliphatic rings. The molecule has 0 radical (unpaired) electrons. The number of amides is 1. The van der Waals surface area contributed by atoms with Gasteiger partial charge in [-0.3, -0.25) is 9.36 Å². The highest BCUT2D eigenvalue weighted by molar-refractivity contribution is 7.58. The Balaban J connectivity index is 1.91. The maximum Gasteiger partial charge on any atom is 0.241 e. The fourth-order valence-corrected chi connectivity index (χ4v) is 5.44. The topological polar surface area (TPSA) is 66.4 Å². The molecule has 146 valence electrons. The van der Waals surface area contributed by atoms with Gasteiger partial charge in [0.05, 0.1) is 0 Å². The largest absolute Gasteiger partial charge is 0.344 e. The van der Waals surface area contributed by atoms with Crippen LogP contribution in [0.5, 0.6) is 0 Å². The van der Waals surface area contributed by atoms with Crippen molar-refractivity contribution in [1.82, 2.24) is 5.32 Å². The van der Waals surface area contributed by atoms with Crippen molar-refractivity contribution in [2.45, 2.75) is 5.66 Å². The molecular weight excluding hydrogens is 443 g/mol. The molecule has 2 aromatic carbocycles. The normalized spacial score (nSPS) is 14.9. The van der Waals surface area contributed by atoms with Gasteiger partial charge in [0.25, 0.3) is 0 Å². The number of fused-ring (bicyclic) bond motifs is 1. The smallest absolute Gasteiger partial charge is 0.241 e. The standard InChI is InChI=1S/C19H15Cl2FNO3PS/c1-27(25,26)18(15-10-28-17-5-3-13(21)9-14(15)17)19(24)23-7-6-11-8-12(20)2-4-16(11)22/h2-10,18H,1H3,(H,23,24)(H,25,26). The third kappa shape index (κ3) is 4.65. The van der Waals surface area contributed by atoms with E-state index in [0.29, 0.717) is 21.0 Å². The summed E-state index contributed by atoms with van der Waals surface area (Å²) in [6.45, 7) is 1.13. The van der Waals surface area contributed by atoms with E-state index in [4.69, 9.17) is 23.2 Å². The predicted octanol–water partition coefficient (Wildman–Crippen LogP) is 6.08. The molecule has 1 heterocycles. The van der Waals surface area contributed by atoms with Gasteiger partial charge < -0.3 is 10.2 Å². The Hall–Kier alpha value is -1.69. The zero-order valence-corrected chi connectivity index (χ0v) is 17.7. The van der Waals surface area contributed by atoms with E-state index in [2.05, 4.69) is 5.32 Å². The fourth-order valence-electron chi connectivity index (χ4n) is 2.78. The SMILES string of the molecule is CP(=O)(O)C(C(=O)NC=Cc1cc(Cl)ccc1F)c1csc2ccc(Cl)cc12. The molecule has 4 nitrogen and oxygen atoms in total. The number of hydrogen-bond acceptors (Lipinski definition) is 3. The predicted molar refractivity (Wildman–Crippen MR) is 114 cm³/mol. The van der Waals surface area contributed by atoms with Crippen molar-refractivity contribution in [3.8, 4) is 0 Å². The lowest BCUT2D eigenvalue weighted by Gasteiger charge is -2.18. The molecule has 0 saturated carbocycles. The molecule has 0 fully saturated rings. The highest BCUT2D eigenvalue weighted by atomic mass is 35.5. The number of nitrogens with one attached hydrogen (secondary N) is 1. The minimum Gasteiger partial charge on any atom is -0.344 e. The van der Waals surface area contributed by atoms with Gasteiger partial charge in [-0.25, -0.2) is 4.39 Å². The Kier molecular flexibility index (Phi) is 6.28. The molecule has 0 bridgehead atoms. The summed E-state index contributed by atoms with van der Waals surface area (Å²) in [6.07, 6.45) is 2.55. The first-order valence-corrected chi connectivity index (χ1v) is 11.9. The lowest BCUT2D eigenvalue weighted by molar-refractivity contribution is -0.120. The maximum absolute atomic E-state index is 13.8. The first-order valence-electron chi connectivity index (χ1n) is 8.05. The molecule has 1 amide bonds. The highest BCUT2D eigenvalue weighted by Gasteiger charge is 2.36. The number of carbonyl (C=O) groups is 1. The molecule has 0 saturated heterocycles. The van der Waals surface area contributed by atoms with Gasteiger partial charge in [0.2, 0.25) is 13.3 Å². The molecule has 28 heavy (non-hydrogen) atoms. The summed E-state index contributed by atoms with van der Waals surface area (Å²) in [6, 6.07) is 9.20. The van der Waals surface area contributed by atoms with Crippen LogP contribution in [0.2, 0.25) is 10.0 Å². The van der Waals surface area contributed by atoms with Crippen molar-refractivity contribution in [2.24, 2.45) is 0 Å². The number of hydrogen-bond donors (Lipinski definition) is 2. The van der Waals surface area contributed by atoms with Crippen LogP contribution < -0.4 is 5.32 Å².